The molecule has 1 saturated heterocycles. The van der Waals surface area contributed by atoms with Crippen LogP contribution in [0.15, 0.2) is 66.7 Å². The number of piperazine rings is 1. The molecule has 1 aliphatic rings. The minimum Gasteiger partial charge on any atom is -0.297 e. The average molecular weight is 356 g/mol. The quantitative estimate of drug-likeness (QED) is 0.799. The van der Waals surface area contributed by atoms with E-state index in [1.54, 1.807) is 4.31 Å². The van der Waals surface area contributed by atoms with Gasteiger partial charge in [0.2, 0.25) is 10.0 Å². The summed E-state index contributed by atoms with van der Waals surface area (Å²) in [5.41, 5.74) is 2.03. The van der Waals surface area contributed by atoms with Crippen molar-refractivity contribution >= 4 is 16.1 Å². The molecule has 4 nitrogen and oxygen atoms in total. The molecule has 0 saturated carbocycles. The molecule has 1 aliphatic heterocycles. The van der Waals surface area contributed by atoms with Crippen LogP contribution < -0.4 is 0 Å². The number of nitrogens with zero attached hydrogens (tertiary/aromatic N) is 2. The first kappa shape index (κ1) is 17.9. The monoisotopic (exact) mass is 356 g/mol. The predicted molar refractivity (Wildman–Crippen MR) is 103 cm³/mol. The third kappa shape index (κ3) is 5.26. The Labute approximate surface area is 150 Å². The zero-order valence-corrected chi connectivity index (χ0v) is 15.1. The Bertz CT molecular complexity index is 781. The Balaban J connectivity index is 1.49. The van der Waals surface area contributed by atoms with Crippen molar-refractivity contribution < 1.29 is 8.42 Å². The SMILES string of the molecule is O=S(=O)(Cc1ccccc1)N1CCN(CC=Cc2ccccc2)CC1. The molecule has 0 radical (unpaired) electrons. The van der Waals surface area contributed by atoms with E-state index in [0.29, 0.717) is 13.1 Å². The minimum absolute atomic E-state index is 0.0851. The van der Waals surface area contributed by atoms with Crippen LogP contribution in [-0.2, 0) is 15.8 Å². The third-order valence-corrected chi connectivity index (χ3v) is 6.24. The van der Waals surface area contributed by atoms with Gasteiger partial charge in [0, 0.05) is 32.7 Å². The molecule has 0 unspecified atom stereocenters. The number of rotatable bonds is 6. The molecule has 2 aromatic rings. The van der Waals surface area contributed by atoms with E-state index < -0.39 is 10.0 Å². The van der Waals surface area contributed by atoms with Crippen LogP contribution in [-0.4, -0.2) is 50.3 Å². The van der Waals surface area contributed by atoms with Gasteiger partial charge in [0.05, 0.1) is 5.75 Å². The first-order chi connectivity index (χ1) is 12.1. The highest BCUT2D eigenvalue weighted by Gasteiger charge is 2.26. The summed E-state index contributed by atoms with van der Waals surface area (Å²) in [6.07, 6.45) is 4.25. The molecule has 2 aromatic carbocycles. The number of hydrogen-bond acceptors (Lipinski definition) is 3. The zero-order chi connectivity index (χ0) is 17.5. The Morgan fingerprint density at radius 3 is 2.08 bits per heavy atom. The molecule has 0 amide bonds. The lowest BCUT2D eigenvalue weighted by Gasteiger charge is -2.33. The Kier molecular flexibility index (Phi) is 6.02. The van der Waals surface area contributed by atoms with Crippen molar-refractivity contribution in [3.05, 3.63) is 77.9 Å². The van der Waals surface area contributed by atoms with Gasteiger partial charge in [-0.3, -0.25) is 4.90 Å². The van der Waals surface area contributed by atoms with Crippen LogP contribution in [0, 0.1) is 0 Å². The van der Waals surface area contributed by atoms with Gasteiger partial charge < -0.3 is 0 Å². The molecule has 132 valence electrons. The van der Waals surface area contributed by atoms with Gasteiger partial charge in [-0.2, -0.15) is 4.31 Å². The first-order valence-electron chi connectivity index (χ1n) is 8.59. The lowest BCUT2D eigenvalue weighted by Crippen LogP contribution is -2.48. The maximum absolute atomic E-state index is 12.6. The highest BCUT2D eigenvalue weighted by Crippen LogP contribution is 2.13. The molecule has 0 atom stereocenters. The van der Waals surface area contributed by atoms with E-state index >= 15 is 0 Å². The lowest BCUT2D eigenvalue weighted by atomic mass is 10.2. The molecule has 25 heavy (non-hydrogen) atoms. The van der Waals surface area contributed by atoms with Crippen LogP contribution >= 0.6 is 0 Å². The van der Waals surface area contributed by atoms with Gasteiger partial charge >= 0.3 is 0 Å². The second-order valence-electron chi connectivity index (χ2n) is 6.25. The van der Waals surface area contributed by atoms with Gasteiger partial charge in [0.25, 0.3) is 0 Å². The summed E-state index contributed by atoms with van der Waals surface area (Å²) in [4.78, 5) is 2.29. The largest absolute Gasteiger partial charge is 0.297 e. The topological polar surface area (TPSA) is 40.6 Å². The van der Waals surface area contributed by atoms with E-state index in [0.717, 1.165) is 25.2 Å². The van der Waals surface area contributed by atoms with Crippen molar-refractivity contribution in [2.75, 3.05) is 32.7 Å². The fourth-order valence-corrected chi connectivity index (χ4v) is 4.48. The van der Waals surface area contributed by atoms with Crippen LogP contribution in [0.3, 0.4) is 0 Å². The molecule has 0 aromatic heterocycles. The lowest BCUT2D eigenvalue weighted by molar-refractivity contribution is 0.204. The maximum Gasteiger partial charge on any atom is 0.218 e. The van der Waals surface area contributed by atoms with E-state index in [9.17, 15) is 8.42 Å². The van der Waals surface area contributed by atoms with Crippen LogP contribution in [0.2, 0.25) is 0 Å². The summed E-state index contributed by atoms with van der Waals surface area (Å²) < 4.78 is 26.7. The van der Waals surface area contributed by atoms with Crippen LogP contribution in [0.25, 0.3) is 6.08 Å². The zero-order valence-electron chi connectivity index (χ0n) is 14.3. The smallest absolute Gasteiger partial charge is 0.218 e. The summed E-state index contributed by atoms with van der Waals surface area (Å²) in [6, 6.07) is 19.6. The summed E-state index contributed by atoms with van der Waals surface area (Å²) in [5.74, 6) is 0.0851. The second-order valence-corrected chi connectivity index (χ2v) is 8.22. The Morgan fingerprint density at radius 1 is 0.840 bits per heavy atom. The number of benzene rings is 2. The van der Waals surface area contributed by atoms with Crippen molar-refractivity contribution in [3.8, 4) is 0 Å². The van der Waals surface area contributed by atoms with E-state index in [4.69, 9.17) is 0 Å². The van der Waals surface area contributed by atoms with Crippen LogP contribution in [0.4, 0.5) is 0 Å². The summed E-state index contributed by atoms with van der Waals surface area (Å²) in [6.45, 7) is 3.52. The molecule has 3 rings (SSSR count). The van der Waals surface area contributed by atoms with Gasteiger partial charge in [0.1, 0.15) is 0 Å². The van der Waals surface area contributed by atoms with E-state index in [-0.39, 0.29) is 5.75 Å². The minimum atomic E-state index is -3.23. The van der Waals surface area contributed by atoms with E-state index in [1.807, 2.05) is 48.5 Å². The molecular weight excluding hydrogens is 332 g/mol. The third-order valence-electron chi connectivity index (χ3n) is 4.39. The normalized spacial score (nSPS) is 17.1. The van der Waals surface area contributed by atoms with Crippen molar-refractivity contribution in [2.24, 2.45) is 0 Å². The average Bonchev–Trinajstić information content (AvgIpc) is 2.64. The molecular formula is C20H24N2O2S. The number of hydrogen-bond donors (Lipinski definition) is 0. The van der Waals surface area contributed by atoms with Crippen LogP contribution in [0.5, 0.6) is 0 Å². The van der Waals surface area contributed by atoms with Crippen molar-refractivity contribution in [3.63, 3.8) is 0 Å². The summed E-state index contributed by atoms with van der Waals surface area (Å²) in [5, 5.41) is 0. The molecule has 0 bridgehead atoms. The highest BCUT2D eigenvalue weighted by molar-refractivity contribution is 7.88. The van der Waals surface area contributed by atoms with Crippen molar-refractivity contribution in [2.45, 2.75) is 5.75 Å². The summed E-state index contributed by atoms with van der Waals surface area (Å²) in [7, 11) is -3.23. The Hall–Kier alpha value is -1.95. The summed E-state index contributed by atoms with van der Waals surface area (Å²) >= 11 is 0. The molecule has 0 N–H and O–H groups in total. The first-order valence-corrected chi connectivity index (χ1v) is 10.2. The van der Waals surface area contributed by atoms with Crippen molar-refractivity contribution in [1.82, 2.24) is 9.21 Å². The van der Waals surface area contributed by atoms with Crippen molar-refractivity contribution in [1.29, 1.82) is 0 Å². The van der Waals surface area contributed by atoms with Crippen LogP contribution in [0.1, 0.15) is 11.1 Å². The van der Waals surface area contributed by atoms with Gasteiger partial charge in [-0.25, -0.2) is 8.42 Å². The van der Waals surface area contributed by atoms with Gasteiger partial charge in [-0.1, -0.05) is 72.8 Å². The predicted octanol–water partition coefficient (Wildman–Crippen LogP) is 2.85. The van der Waals surface area contributed by atoms with Gasteiger partial charge in [-0.05, 0) is 11.1 Å². The Morgan fingerprint density at radius 2 is 1.44 bits per heavy atom. The maximum atomic E-state index is 12.6. The fraction of sp³-hybridized carbons (Fsp3) is 0.300. The molecule has 1 heterocycles. The molecule has 1 fully saturated rings. The molecule has 0 spiro atoms. The van der Waals surface area contributed by atoms with E-state index in [1.165, 1.54) is 5.56 Å². The standard InChI is InChI=1S/C20H24N2O2S/c23-25(24,18-20-10-5-2-6-11-20)22-16-14-21(15-17-22)13-7-12-19-8-3-1-4-9-19/h1-12H,13-18H2. The van der Waals surface area contributed by atoms with E-state index in [2.05, 4.69) is 29.2 Å². The molecule has 5 heteroatoms. The second kappa shape index (κ2) is 8.43. The van der Waals surface area contributed by atoms with Gasteiger partial charge in [-0.15, -0.1) is 0 Å². The van der Waals surface area contributed by atoms with Gasteiger partial charge in [0.15, 0.2) is 0 Å². The molecule has 0 aliphatic carbocycles. The fourth-order valence-electron chi connectivity index (χ4n) is 2.97. The highest BCUT2D eigenvalue weighted by atomic mass is 32.2. The number of sulfonamides is 1.